The first kappa shape index (κ1) is 12.7. The van der Waals surface area contributed by atoms with E-state index in [0.29, 0.717) is 27.7 Å². The van der Waals surface area contributed by atoms with E-state index in [2.05, 4.69) is 6.07 Å². The molecule has 0 aliphatic heterocycles. The molecule has 1 N–H and O–H groups in total. The summed E-state index contributed by atoms with van der Waals surface area (Å²) in [7, 11) is 0. The lowest BCUT2D eigenvalue weighted by Crippen LogP contribution is -1.95. The number of benzene rings is 2. The SMILES string of the molecule is N#Cc1c(-c2ccc([N+](=O)[O-])cc2)n(O)c2ccccc12. The molecule has 102 valence electrons. The van der Waals surface area contributed by atoms with Crippen molar-refractivity contribution in [2.75, 3.05) is 0 Å². The van der Waals surface area contributed by atoms with Crippen molar-refractivity contribution in [3.63, 3.8) is 0 Å². The van der Waals surface area contributed by atoms with Gasteiger partial charge in [-0.3, -0.25) is 10.1 Å². The van der Waals surface area contributed by atoms with Crippen LogP contribution in [0.4, 0.5) is 5.69 Å². The monoisotopic (exact) mass is 279 g/mol. The van der Waals surface area contributed by atoms with Crippen LogP contribution in [0.25, 0.3) is 22.2 Å². The summed E-state index contributed by atoms with van der Waals surface area (Å²) in [6.45, 7) is 0. The number of para-hydroxylation sites is 1. The maximum Gasteiger partial charge on any atom is 0.269 e. The number of nitro benzene ring substituents is 1. The van der Waals surface area contributed by atoms with Crippen molar-refractivity contribution in [1.82, 2.24) is 4.73 Å². The molecule has 0 radical (unpaired) electrons. The smallest absolute Gasteiger partial charge is 0.269 e. The van der Waals surface area contributed by atoms with Crippen molar-refractivity contribution in [2.24, 2.45) is 0 Å². The number of non-ortho nitro benzene ring substituents is 1. The number of nitriles is 1. The molecule has 0 amide bonds. The molecule has 0 aliphatic carbocycles. The van der Waals surface area contributed by atoms with Gasteiger partial charge in [-0.15, -0.1) is 0 Å². The second-order valence-electron chi connectivity index (χ2n) is 4.47. The van der Waals surface area contributed by atoms with Crippen LogP contribution in [-0.2, 0) is 0 Å². The molecule has 6 nitrogen and oxygen atoms in total. The first-order valence-corrected chi connectivity index (χ1v) is 6.11. The topological polar surface area (TPSA) is 92.1 Å². The Morgan fingerprint density at radius 1 is 1.14 bits per heavy atom. The molecule has 0 fully saturated rings. The predicted molar refractivity (Wildman–Crippen MR) is 75.9 cm³/mol. The number of nitrogens with zero attached hydrogens (tertiary/aromatic N) is 3. The van der Waals surface area contributed by atoms with Crippen molar-refractivity contribution >= 4 is 16.6 Å². The quantitative estimate of drug-likeness (QED) is 0.442. The minimum Gasteiger partial charge on any atom is -0.428 e. The molecule has 2 aromatic carbocycles. The summed E-state index contributed by atoms with van der Waals surface area (Å²) in [4.78, 5) is 10.2. The van der Waals surface area contributed by atoms with Crippen LogP contribution in [-0.4, -0.2) is 14.9 Å². The molecule has 0 aliphatic rings. The number of hydrogen-bond donors (Lipinski definition) is 1. The zero-order valence-corrected chi connectivity index (χ0v) is 10.7. The molecule has 0 spiro atoms. The van der Waals surface area contributed by atoms with Crippen LogP contribution in [0.1, 0.15) is 5.56 Å². The van der Waals surface area contributed by atoms with E-state index in [1.807, 2.05) is 0 Å². The van der Waals surface area contributed by atoms with Gasteiger partial charge < -0.3 is 5.21 Å². The molecule has 0 unspecified atom stereocenters. The normalized spacial score (nSPS) is 10.4. The van der Waals surface area contributed by atoms with Crippen molar-refractivity contribution in [1.29, 1.82) is 5.26 Å². The molecule has 3 rings (SSSR count). The van der Waals surface area contributed by atoms with Crippen molar-refractivity contribution in [2.45, 2.75) is 0 Å². The van der Waals surface area contributed by atoms with Gasteiger partial charge in [0.15, 0.2) is 0 Å². The van der Waals surface area contributed by atoms with Gasteiger partial charge in [0, 0.05) is 23.1 Å². The van der Waals surface area contributed by atoms with Gasteiger partial charge in [0.2, 0.25) is 0 Å². The summed E-state index contributed by atoms with van der Waals surface area (Å²) < 4.78 is 0.940. The minimum atomic E-state index is -0.497. The Labute approximate surface area is 119 Å². The van der Waals surface area contributed by atoms with E-state index in [-0.39, 0.29) is 5.69 Å². The number of nitro groups is 1. The van der Waals surface area contributed by atoms with Crippen molar-refractivity contribution in [3.05, 3.63) is 64.2 Å². The average Bonchev–Trinajstić information content (AvgIpc) is 2.80. The van der Waals surface area contributed by atoms with Gasteiger partial charge in [0.05, 0.1) is 16.0 Å². The van der Waals surface area contributed by atoms with Gasteiger partial charge in [0.1, 0.15) is 11.8 Å². The fourth-order valence-electron chi connectivity index (χ4n) is 2.34. The van der Waals surface area contributed by atoms with Gasteiger partial charge in [0.25, 0.3) is 5.69 Å². The van der Waals surface area contributed by atoms with Gasteiger partial charge in [-0.05, 0) is 18.2 Å². The summed E-state index contributed by atoms with van der Waals surface area (Å²) in [5, 5.41) is 30.9. The van der Waals surface area contributed by atoms with E-state index in [9.17, 15) is 20.6 Å². The maximum atomic E-state index is 10.7. The number of fused-ring (bicyclic) bond motifs is 1. The van der Waals surface area contributed by atoms with Gasteiger partial charge in [-0.25, -0.2) is 0 Å². The van der Waals surface area contributed by atoms with E-state index in [1.54, 1.807) is 24.3 Å². The fraction of sp³-hybridized carbons (Fsp3) is 0. The Kier molecular flexibility index (Phi) is 2.81. The van der Waals surface area contributed by atoms with Gasteiger partial charge in [-0.2, -0.15) is 9.99 Å². The third-order valence-corrected chi connectivity index (χ3v) is 3.31. The summed E-state index contributed by atoms with van der Waals surface area (Å²) >= 11 is 0. The Bertz CT molecular complexity index is 889. The summed E-state index contributed by atoms with van der Waals surface area (Å²) in [5.41, 5.74) is 1.67. The van der Waals surface area contributed by atoms with E-state index in [1.165, 1.54) is 24.3 Å². The molecule has 1 aromatic heterocycles. The maximum absolute atomic E-state index is 10.7. The van der Waals surface area contributed by atoms with Crippen molar-refractivity contribution < 1.29 is 10.1 Å². The number of hydrogen-bond acceptors (Lipinski definition) is 4. The zero-order valence-electron chi connectivity index (χ0n) is 10.7. The van der Waals surface area contributed by atoms with Crippen LogP contribution < -0.4 is 0 Å². The summed E-state index contributed by atoms with van der Waals surface area (Å²) in [5.74, 6) is 0. The molecule has 6 heteroatoms. The van der Waals surface area contributed by atoms with Crippen LogP contribution in [0.5, 0.6) is 0 Å². The lowest BCUT2D eigenvalue weighted by atomic mass is 10.1. The lowest BCUT2D eigenvalue weighted by molar-refractivity contribution is -0.384. The Morgan fingerprint density at radius 2 is 1.81 bits per heavy atom. The van der Waals surface area contributed by atoms with E-state index in [4.69, 9.17) is 0 Å². The average molecular weight is 279 g/mol. The van der Waals surface area contributed by atoms with E-state index in [0.717, 1.165) is 4.73 Å². The first-order chi connectivity index (χ1) is 10.1. The standard InChI is InChI=1S/C15H9N3O3/c16-9-13-12-3-1-2-4-14(12)17(19)15(13)10-5-7-11(8-6-10)18(20)21/h1-8,19H. The molecule has 3 aromatic rings. The Morgan fingerprint density at radius 3 is 2.43 bits per heavy atom. The largest absolute Gasteiger partial charge is 0.428 e. The number of rotatable bonds is 2. The van der Waals surface area contributed by atoms with Crippen LogP contribution in [0.3, 0.4) is 0 Å². The molecule has 0 saturated carbocycles. The molecule has 0 saturated heterocycles. The highest BCUT2D eigenvalue weighted by Crippen LogP contribution is 2.32. The highest BCUT2D eigenvalue weighted by Gasteiger charge is 2.18. The molecule has 0 bridgehead atoms. The second kappa shape index (κ2) is 4.65. The minimum absolute atomic E-state index is 0.0436. The van der Waals surface area contributed by atoms with Gasteiger partial charge >= 0.3 is 0 Å². The first-order valence-electron chi connectivity index (χ1n) is 6.11. The molecular formula is C15H9N3O3. The molecular weight excluding hydrogens is 270 g/mol. The molecule has 21 heavy (non-hydrogen) atoms. The third-order valence-electron chi connectivity index (χ3n) is 3.31. The zero-order chi connectivity index (χ0) is 15.0. The van der Waals surface area contributed by atoms with Crippen LogP contribution in [0.2, 0.25) is 0 Å². The molecule has 0 atom stereocenters. The van der Waals surface area contributed by atoms with Crippen LogP contribution in [0, 0.1) is 21.4 Å². The summed E-state index contributed by atoms with van der Waals surface area (Å²) in [6, 6.07) is 14.8. The highest BCUT2D eigenvalue weighted by atomic mass is 16.6. The predicted octanol–water partition coefficient (Wildman–Crippen LogP) is 3.33. The highest BCUT2D eigenvalue weighted by molar-refractivity contribution is 5.94. The Balaban J connectivity index is 2.27. The third kappa shape index (κ3) is 1.88. The number of aromatic nitrogens is 1. The van der Waals surface area contributed by atoms with Crippen LogP contribution >= 0.6 is 0 Å². The van der Waals surface area contributed by atoms with Crippen LogP contribution in [0.15, 0.2) is 48.5 Å². The second-order valence-corrected chi connectivity index (χ2v) is 4.47. The van der Waals surface area contributed by atoms with Gasteiger partial charge in [-0.1, -0.05) is 18.2 Å². The van der Waals surface area contributed by atoms with E-state index < -0.39 is 4.92 Å². The Hall–Kier alpha value is -3.33. The fourth-order valence-corrected chi connectivity index (χ4v) is 2.34. The van der Waals surface area contributed by atoms with Crippen molar-refractivity contribution in [3.8, 4) is 17.3 Å². The summed E-state index contributed by atoms with van der Waals surface area (Å²) in [6.07, 6.45) is 0. The lowest BCUT2D eigenvalue weighted by Gasteiger charge is -2.03. The molecule has 1 heterocycles. The van der Waals surface area contributed by atoms with E-state index >= 15 is 0 Å².